The molecule has 0 amide bonds. The lowest BCUT2D eigenvalue weighted by Crippen LogP contribution is -2.24. The van der Waals surface area contributed by atoms with Crippen LogP contribution in [0.15, 0.2) is 5.38 Å². The van der Waals surface area contributed by atoms with Crippen LogP contribution in [0.1, 0.15) is 10.7 Å². The number of ether oxygens (including phenoxy) is 2. The van der Waals surface area contributed by atoms with E-state index in [0.29, 0.717) is 12.3 Å². The molecular formula is C9H13NO4S. The molecule has 0 radical (unpaired) electrons. The van der Waals surface area contributed by atoms with Crippen LogP contribution in [0, 0.1) is 0 Å². The predicted molar refractivity (Wildman–Crippen MR) is 54.6 cm³/mol. The molecule has 0 saturated heterocycles. The van der Waals surface area contributed by atoms with Gasteiger partial charge in [0.1, 0.15) is 5.01 Å². The Kier molecular flexibility index (Phi) is 4.67. The van der Waals surface area contributed by atoms with Crippen LogP contribution < -0.4 is 0 Å². The Morgan fingerprint density at radius 1 is 1.67 bits per heavy atom. The van der Waals surface area contributed by atoms with Crippen molar-refractivity contribution in [3.8, 4) is 0 Å². The molecule has 1 aromatic heterocycles. The summed E-state index contributed by atoms with van der Waals surface area (Å²) in [5.41, 5.74) is 0.671. The number of esters is 1. The first-order valence-electron chi connectivity index (χ1n) is 4.35. The number of hydrogen-bond acceptors (Lipinski definition) is 6. The van der Waals surface area contributed by atoms with E-state index in [1.807, 2.05) is 0 Å². The Balaban J connectivity index is 2.53. The second kappa shape index (κ2) is 5.79. The number of nitrogens with zero attached hydrogens (tertiary/aromatic N) is 1. The molecule has 1 atom stereocenters. The minimum Gasteiger partial charge on any atom is -0.467 e. The van der Waals surface area contributed by atoms with Gasteiger partial charge in [-0.25, -0.2) is 9.78 Å². The number of thiazole rings is 1. The largest absolute Gasteiger partial charge is 0.467 e. The topological polar surface area (TPSA) is 68.7 Å². The molecule has 1 N–H and O–H groups in total. The molecule has 1 rings (SSSR count). The summed E-state index contributed by atoms with van der Waals surface area (Å²) in [7, 11) is 2.83. The standard InChI is InChI=1S/C9H13NO4S/c1-13-4-8-10-6(5-15-8)3-7(11)9(12)14-2/h5,7,11H,3-4H2,1-2H3. The normalized spacial score (nSPS) is 12.5. The summed E-state index contributed by atoms with van der Waals surface area (Å²) in [6.07, 6.45) is -0.972. The first kappa shape index (κ1) is 12.1. The van der Waals surface area contributed by atoms with Crippen molar-refractivity contribution in [3.05, 3.63) is 16.1 Å². The van der Waals surface area contributed by atoms with E-state index in [0.717, 1.165) is 5.01 Å². The summed E-state index contributed by atoms with van der Waals surface area (Å²) < 4.78 is 9.31. The highest BCUT2D eigenvalue weighted by atomic mass is 32.1. The van der Waals surface area contributed by atoms with Gasteiger partial charge >= 0.3 is 5.97 Å². The maximum atomic E-state index is 10.9. The van der Waals surface area contributed by atoms with Gasteiger partial charge in [0.25, 0.3) is 0 Å². The summed E-state index contributed by atoms with van der Waals surface area (Å²) in [6, 6.07) is 0. The number of carbonyl (C=O) groups excluding carboxylic acids is 1. The van der Waals surface area contributed by atoms with Crippen LogP contribution in [0.2, 0.25) is 0 Å². The van der Waals surface area contributed by atoms with Crippen molar-refractivity contribution in [2.45, 2.75) is 19.1 Å². The van der Waals surface area contributed by atoms with Crippen LogP contribution in [-0.2, 0) is 27.3 Å². The molecule has 0 aliphatic carbocycles. The van der Waals surface area contributed by atoms with Gasteiger partial charge in [-0.15, -0.1) is 11.3 Å². The highest BCUT2D eigenvalue weighted by Gasteiger charge is 2.17. The van der Waals surface area contributed by atoms with E-state index < -0.39 is 12.1 Å². The molecule has 1 unspecified atom stereocenters. The molecular weight excluding hydrogens is 218 g/mol. The summed E-state index contributed by atoms with van der Waals surface area (Å²) in [5, 5.41) is 12.0. The van der Waals surface area contributed by atoms with E-state index in [9.17, 15) is 9.90 Å². The van der Waals surface area contributed by atoms with Gasteiger partial charge < -0.3 is 14.6 Å². The van der Waals surface area contributed by atoms with Crippen LogP contribution >= 0.6 is 11.3 Å². The van der Waals surface area contributed by atoms with E-state index in [1.165, 1.54) is 18.4 Å². The van der Waals surface area contributed by atoms with Gasteiger partial charge in [-0.05, 0) is 0 Å². The Morgan fingerprint density at radius 3 is 3.00 bits per heavy atom. The lowest BCUT2D eigenvalue weighted by atomic mass is 10.2. The number of hydrogen-bond donors (Lipinski definition) is 1. The highest BCUT2D eigenvalue weighted by molar-refractivity contribution is 7.09. The van der Waals surface area contributed by atoms with Gasteiger partial charge in [-0.2, -0.15) is 0 Å². The zero-order chi connectivity index (χ0) is 11.3. The van der Waals surface area contributed by atoms with Gasteiger partial charge in [-0.3, -0.25) is 0 Å². The fourth-order valence-corrected chi connectivity index (χ4v) is 1.83. The first-order valence-corrected chi connectivity index (χ1v) is 5.23. The maximum Gasteiger partial charge on any atom is 0.335 e. The Morgan fingerprint density at radius 2 is 2.40 bits per heavy atom. The van der Waals surface area contributed by atoms with Crippen molar-refractivity contribution in [1.82, 2.24) is 4.98 Å². The van der Waals surface area contributed by atoms with Crippen molar-refractivity contribution >= 4 is 17.3 Å². The van der Waals surface area contributed by atoms with Crippen molar-refractivity contribution in [2.75, 3.05) is 14.2 Å². The number of rotatable bonds is 5. The predicted octanol–water partition coefficient (Wildman–Crippen LogP) is 0.366. The molecule has 0 spiro atoms. The van der Waals surface area contributed by atoms with Gasteiger partial charge in [0.05, 0.1) is 19.4 Å². The number of aromatic nitrogens is 1. The van der Waals surface area contributed by atoms with Crippen LogP contribution in [0.4, 0.5) is 0 Å². The summed E-state index contributed by atoms with van der Waals surface area (Å²) >= 11 is 1.44. The van der Waals surface area contributed by atoms with Crippen LogP contribution in [-0.4, -0.2) is 36.4 Å². The minimum absolute atomic E-state index is 0.173. The average Bonchev–Trinajstić information content (AvgIpc) is 2.65. The smallest absolute Gasteiger partial charge is 0.335 e. The number of aliphatic hydroxyl groups is 1. The Labute approximate surface area is 91.7 Å². The van der Waals surface area contributed by atoms with Gasteiger partial charge in [0, 0.05) is 18.9 Å². The number of methoxy groups -OCH3 is 2. The van der Waals surface area contributed by atoms with Gasteiger partial charge in [-0.1, -0.05) is 0 Å². The van der Waals surface area contributed by atoms with Crippen molar-refractivity contribution in [2.24, 2.45) is 0 Å². The zero-order valence-corrected chi connectivity index (χ0v) is 9.41. The van der Waals surface area contributed by atoms with E-state index >= 15 is 0 Å². The van der Waals surface area contributed by atoms with Gasteiger partial charge in [0.2, 0.25) is 0 Å². The molecule has 1 heterocycles. The molecule has 84 valence electrons. The first-order chi connectivity index (χ1) is 7.17. The number of aliphatic hydroxyl groups excluding tert-OH is 1. The van der Waals surface area contributed by atoms with Gasteiger partial charge in [0.15, 0.2) is 6.10 Å². The molecule has 1 aromatic rings. The molecule has 0 aliphatic heterocycles. The molecule has 6 heteroatoms. The second-order valence-corrected chi connectivity index (χ2v) is 3.85. The van der Waals surface area contributed by atoms with E-state index in [1.54, 1.807) is 12.5 Å². The van der Waals surface area contributed by atoms with Crippen LogP contribution in [0.3, 0.4) is 0 Å². The maximum absolute atomic E-state index is 10.9. The third kappa shape index (κ3) is 3.58. The van der Waals surface area contributed by atoms with Crippen LogP contribution in [0.5, 0.6) is 0 Å². The monoisotopic (exact) mass is 231 g/mol. The third-order valence-corrected chi connectivity index (χ3v) is 2.61. The molecule has 0 aromatic carbocycles. The fraction of sp³-hybridized carbons (Fsp3) is 0.556. The Hall–Kier alpha value is -0.980. The molecule has 15 heavy (non-hydrogen) atoms. The van der Waals surface area contributed by atoms with Crippen LogP contribution in [0.25, 0.3) is 0 Å². The summed E-state index contributed by atoms with van der Waals surface area (Å²) in [4.78, 5) is 15.1. The lowest BCUT2D eigenvalue weighted by Gasteiger charge is -2.05. The lowest BCUT2D eigenvalue weighted by molar-refractivity contribution is -0.150. The molecule has 5 nitrogen and oxygen atoms in total. The molecule has 0 fully saturated rings. The van der Waals surface area contributed by atoms with Crippen molar-refractivity contribution in [1.29, 1.82) is 0 Å². The average molecular weight is 231 g/mol. The van der Waals surface area contributed by atoms with E-state index in [2.05, 4.69) is 9.72 Å². The third-order valence-electron chi connectivity index (χ3n) is 1.74. The summed E-state index contributed by atoms with van der Waals surface area (Å²) in [6.45, 7) is 0.443. The zero-order valence-electron chi connectivity index (χ0n) is 8.60. The molecule has 0 saturated carbocycles. The molecule has 0 aliphatic rings. The SMILES string of the molecule is COCc1nc(CC(O)C(=O)OC)cs1. The fourth-order valence-electron chi connectivity index (χ4n) is 1.05. The van der Waals surface area contributed by atoms with E-state index in [4.69, 9.17) is 4.74 Å². The van der Waals surface area contributed by atoms with Crippen molar-refractivity contribution in [3.63, 3.8) is 0 Å². The second-order valence-electron chi connectivity index (χ2n) is 2.91. The summed E-state index contributed by atoms with van der Waals surface area (Å²) in [5.74, 6) is -0.642. The Bertz CT molecular complexity index is 326. The van der Waals surface area contributed by atoms with Crippen molar-refractivity contribution < 1.29 is 19.4 Å². The minimum atomic E-state index is -1.15. The van der Waals surface area contributed by atoms with E-state index in [-0.39, 0.29) is 6.42 Å². The quantitative estimate of drug-likeness (QED) is 0.741. The highest BCUT2D eigenvalue weighted by Crippen LogP contribution is 2.12. The molecule has 0 bridgehead atoms. The number of carbonyl (C=O) groups is 1.